The monoisotopic (exact) mass is 120 g/mol. The molecule has 0 amide bonds. The molecule has 0 saturated carbocycles. The summed E-state index contributed by atoms with van der Waals surface area (Å²) in [5.74, 6) is -0.310. The quantitative estimate of drug-likeness (QED) is 0.467. The number of hydrogen-bond acceptors (Lipinski definition) is 0. The minimum Gasteiger partial charge on any atom is -0.207 e. The topological polar surface area (TPSA) is 0 Å². The van der Waals surface area contributed by atoms with Crippen LogP contribution in [0.25, 0.3) is 0 Å². The van der Waals surface area contributed by atoms with Gasteiger partial charge in [-0.25, -0.2) is 4.39 Å². The van der Waals surface area contributed by atoms with Gasteiger partial charge in [0.1, 0.15) is 5.83 Å². The first-order chi connectivity index (χ1) is 3.31. The van der Waals surface area contributed by atoms with Crippen molar-refractivity contribution >= 4 is 11.6 Å². The van der Waals surface area contributed by atoms with Crippen molar-refractivity contribution in [3.63, 3.8) is 0 Å². The Morgan fingerprint density at radius 2 is 2.29 bits per heavy atom. The molecule has 0 heterocycles. The van der Waals surface area contributed by atoms with Crippen LogP contribution < -0.4 is 0 Å². The molecule has 0 nitrogen and oxygen atoms in total. The molecule has 0 radical (unpaired) electrons. The molecule has 0 bridgehead atoms. The fourth-order valence-corrected chi connectivity index (χ4v) is 0.277. The molecule has 0 unspecified atom stereocenters. The second kappa shape index (κ2) is 3.88. The van der Waals surface area contributed by atoms with E-state index in [0.29, 0.717) is 0 Å². The average Bonchev–Trinajstić information content (AvgIpc) is 1.68. The van der Waals surface area contributed by atoms with Gasteiger partial charge in [-0.1, -0.05) is 17.7 Å². The van der Waals surface area contributed by atoms with Gasteiger partial charge in [0.25, 0.3) is 0 Å². The minimum atomic E-state index is -0.310. The van der Waals surface area contributed by atoms with Crippen molar-refractivity contribution in [2.45, 2.75) is 6.92 Å². The predicted octanol–water partition coefficient (Wildman–Crippen LogP) is 2.61. The Kier molecular flexibility index (Phi) is 3.71. The van der Waals surface area contributed by atoms with E-state index in [-0.39, 0.29) is 5.83 Å². The van der Waals surface area contributed by atoms with Gasteiger partial charge in [0.05, 0.1) is 0 Å². The van der Waals surface area contributed by atoms with Crippen molar-refractivity contribution < 1.29 is 4.39 Å². The van der Waals surface area contributed by atoms with Crippen LogP contribution in [0.3, 0.4) is 0 Å². The van der Waals surface area contributed by atoms with Crippen LogP contribution in [0.15, 0.2) is 23.5 Å². The number of halogens is 2. The SMILES string of the molecule is C/C=C(F)/C=C/Cl. The van der Waals surface area contributed by atoms with E-state index in [2.05, 4.69) is 0 Å². The Balaban J connectivity index is 3.58. The van der Waals surface area contributed by atoms with Crippen LogP contribution in [0.2, 0.25) is 0 Å². The van der Waals surface area contributed by atoms with Gasteiger partial charge in [0.15, 0.2) is 0 Å². The maximum Gasteiger partial charge on any atom is 0.119 e. The van der Waals surface area contributed by atoms with Crippen molar-refractivity contribution in [1.82, 2.24) is 0 Å². The molecule has 7 heavy (non-hydrogen) atoms. The molecule has 0 spiro atoms. The summed E-state index contributed by atoms with van der Waals surface area (Å²) >= 11 is 5.01. The highest BCUT2D eigenvalue weighted by atomic mass is 35.5. The largest absolute Gasteiger partial charge is 0.207 e. The molecule has 0 atom stereocenters. The van der Waals surface area contributed by atoms with Crippen LogP contribution >= 0.6 is 11.6 Å². The first-order valence-electron chi connectivity index (χ1n) is 1.90. The molecular weight excluding hydrogens is 115 g/mol. The smallest absolute Gasteiger partial charge is 0.119 e. The zero-order valence-corrected chi connectivity index (χ0v) is 4.74. The molecule has 0 saturated heterocycles. The van der Waals surface area contributed by atoms with E-state index >= 15 is 0 Å². The number of hydrogen-bond donors (Lipinski definition) is 0. The normalized spacial score (nSPS) is 13.3. The van der Waals surface area contributed by atoms with Gasteiger partial charge < -0.3 is 0 Å². The maximum absolute atomic E-state index is 11.8. The lowest BCUT2D eigenvalue weighted by molar-refractivity contribution is 0.665. The van der Waals surface area contributed by atoms with Crippen LogP contribution in [0.4, 0.5) is 4.39 Å². The Hall–Kier alpha value is -0.300. The second-order valence-corrected chi connectivity index (χ2v) is 1.22. The lowest BCUT2D eigenvalue weighted by atomic mass is 10.5. The summed E-state index contributed by atoms with van der Waals surface area (Å²) in [4.78, 5) is 0. The van der Waals surface area contributed by atoms with E-state index in [1.54, 1.807) is 6.92 Å². The van der Waals surface area contributed by atoms with Gasteiger partial charge in [-0.2, -0.15) is 0 Å². The molecule has 0 aliphatic carbocycles. The summed E-state index contributed by atoms with van der Waals surface area (Å²) in [6, 6.07) is 0. The van der Waals surface area contributed by atoms with Gasteiger partial charge in [0.2, 0.25) is 0 Å². The Morgan fingerprint density at radius 3 is 2.43 bits per heavy atom. The van der Waals surface area contributed by atoms with Crippen LogP contribution in [0.1, 0.15) is 6.92 Å². The summed E-state index contributed by atoms with van der Waals surface area (Å²) in [5.41, 5.74) is 1.13. The molecule has 0 aromatic carbocycles. The molecule has 2 heteroatoms. The Bertz CT molecular complexity index is 94.3. The molecule has 0 rings (SSSR count). The zero-order chi connectivity index (χ0) is 5.70. The first kappa shape index (κ1) is 6.70. The van der Waals surface area contributed by atoms with E-state index < -0.39 is 0 Å². The molecule has 0 aromatic rings. The molecule has 0 aromatic heterocycles. The average molecular weight is 121 g/mol. The number of allylic oxidation sites excluding steroid dienone is 3. The van der Waals surface area contributed by atoms with E-state index in [4.69, 9.17) is 11.6 Å². The fourth-order valence-electron chi connectivity index (χ4n) is 0.156. The summed E-state index contributed by atoms with van der Waals surface area (Å²) in [5, 5.41) is 0. The standard InChI is InChI=1S/C5H6ClF/c1-2-5(7)3-4-6/h2-4H,1H3/b4-3+,5-2-. The van der Waals surface area contributed by atoms with E-state index in [0.717, 1.165) is 5.54 Å². The Morgan fingerprint density at radius 1 is 1.71 bits per heavy atom. The Labute approximate surface area is 47.3 Å². The molecule has 0 aliphatic rings. The third kappa shape index (κ3) is 3.53. The van der Waals surface area contributed by atoms with Crippen molar-refractivity contribution in [1.29, 1.82) is 0 Å². The van der Waals surface area contributed by atoms with Gasteiger partial charge in [-0.15, -0.1) is 0 Å². The van der Waals surface area contributed by atoms with Crippen molar-refractivity contribution in [2.75, 3.05) is 0 Å². The first-order valence-corrected chi connectivity index (χ1v) is 2.33. The summed E-state index contributed by atoms with van der Waals surface area (Å²) in [6.45, 7) is 1.60. The molecule has 0 aliphatic heterocycles. The molecule has 40 valence electrons. The van der Waals surface area contributed by atoms with Gasteiger partial charge in [-0.05, 0) is 13.0 Å². The lowest BCUT2D eigenvalue weighted by Gasteiger charge is -1.75. The van der Waals surface area contributed by atoms with Crippen LogP contribution in [-0.4, -0.2) is 0 Å². The summed E-state index contributed by atoms with van der Waals surface area (Å²) in [6.07, 6.45) is 2.51. The molecular formula is C5H6ClF. The second-order valence-electron chi connectivity index (χ2n) is 0.966. The zero-order valence-electron chi connectivity index (χ0n) is 3.99. The van der Waals surface area contributed by atoms with E-state index in [1.807, 2.05) is 0 Å². The van der Waals surface area contributed by atoms with Crippen molar-refractivity contribution in [3.05, 3.63) is 23.5 Å². The molecule has 0 N–H and O–H groups in total. The van der Waals surface area contributed by atoms with Crippen molar-refractivity contribution in [2.24, 2.45) is 0 Å². The minimum absolute atomic E-state index is 0.310. The third-order valence-electron chi connectivity index (χ3n) is 0.498. The highest BCUT2D eigenvalue weighted by Crippen LogP contribution is 1.96. The van der Waals surface area contributed by atoms with Gasteiger partial charge in [-0.3, -0.25) is 0 Å². The maximum atomic E-state index is 11.8. The van der Waals surface area contributed by atoms with Gasteiger partial charge in [0, 0.05) is 5.54 Å². The van der Waals surface area contributed by atoms with E-state index in [9.17, 15) is 4.39 Å². The van der Waals surface area contributed by atoms with Crippen LogP contribution in [0, 0.1) is 0 Å². The predicted molar refractivity (Wildman–Crippen MR) is 29.9 cm³/mol. The molecule has 0 fully saturated rings. The lowest BCUT2D eigenvalue weighted by Crippen LogP contribution is -1.56. The highest BCUT2D eigenvalue weighted by molar-refractivity contribution is 6.25. The van der Waals surface area contributed by atoms with Crippen molar-refractivity contribution in [3.8, 4) is 0 Å². The fraction of sp³-hybridized carbons (Fsp3) is 0.200. The third-order valence-corrected chi connectivity index (χ3v) is 0.624. The number of rotatable bonds is 1. The van der Waals surface area contributed by atoms with Crippen LogP contribution in [0.5, 0.6) is 0 Å². The highest BCUT2D eigenvalue weighted by Gasteiger charge is 1.76. The summed E-state index contributed by atoms with van der Waals surface area (Å²) < 4.78 is 11.8. The summed E-state index contributed by atoms with van der Waals surface area (Å²) in [7, 11) is 0. The van der Waals surface area contributed by atoms with Gasteiger partial charge >= 0.3 is 0 Å². The van der Waals surface area contributed by atoms with Crippen LogP contribution in [-0.2, 0) is 0 Å². The van der Waals surface area contributed by atoms with E-state index in [1.165, 1.54) is 12.2 Å².